The predicted molar refractivity (Wildman–Crippen MR) is 255 cm³/mol. The molecular formula is C53H103NO5. The standard InChI is InChI=1S/C53H103NO5/c1-3-5-7-9-11-13-15-17-19-21-25-29-33-37-41-45-51(56)50(49-55)54-52(57)46-42-38-34-30-26-23-24-28-32-36-40-44-48-59-53(58)47-43-39-35-31-27-22-20-18-16-14-12-10-8-6-4-2/h24,28,50-51,55-56H,3-23,25-27,29-49H2,1-2H3,(H,54,57)/b28-24-. The predicted octanol–water partition coefficient (Wildman–Crippen LogP) is 15.7. The van der Waals surface area contributed by atoms with Crippen LogP contribution < -0.4 is 5.32 Å². The SMILES string of the molecule is CCCCCCCCCCCCCCCCCC(=O)OCCCCC/C=C\CCCCCCCC(=O)NC(CO)C(O)CCCCCCCCCCCCCCCCC. The van der Waals surface area contributed by atoms with Crippen molar-refractivity contribution < 1.29 is 24.5 Å². The number of rotatable bonds is 49. The van der Waals surface area contributed by atoms with Crippen molar-refractivity contribution in [1.82, 2.24) is 5.32 Å². The molecule has 2 unspecified atom stereocenters. The first kappa shape index (κ1) is 57.6. The monoisotopic (exact) mass is 834 g/mol. The lowest BCUT2D eigenvalue weighted by Gasteiger charge is -2.22. The fourth-order valence-corrected chi connectivity index (χ4v) is 8.22. The fraction of sp³-hybridized carbons (Fsp3) is 0.925. The Hall–Kier alpha value is -1.40. The van der Waals surface area contributed by atoms with Gasteiger partial charge in [-0.05, 0) is 57.8 Å². The van der Waals surface area contributed by atoms with Crippen molar-refractivity contribution in [2.24, 2.45) is 0 Å². The summed E-state index contributed by atoms with van der Waals surface area (Å²) in [6.45, 7) is 4.91. The average Bonchev–Trinajstić information content (AvgIpc) is 3.24. The van der Waals surface area contributed by atoms with Crippen molar-refractivity contribution in [2.75, 3.05) is 13.2 Å². The summed E-state index contributed by atoms with van der Waals surface area (Å²) < 4.78 is 5.45. The molecule has 0 spiro atoms. The van der Waals surface area contributed by atoms with E-state index in [9.17, 15) is 19.8 Å². The Morgan fingerprint density at radius 1 is 0.458 bits per heavy atom. The first-order valence-corrected chi connectivity index (χ1v) is 26.4. The lowest BCUT2D eigenvalue weighted by atomic mass is 10.0. The minimum atomic E-state index is -0.679. The van der Waals surface area contributed by atoms with Crippen LogP contribution in [-0.2, 0) is 14.3 Å². The quantitative estimate of drug-likeness (QED) is 0.0322. The van der Waals surface area contributed by atoms with Crippen LogP contribution in [0.5, 0.6) is 0 Å². The number of aliphatic hydroxyl groups is 2. The number of carbonyl (C=O) groups excluding carboxylic acids is 2. The maximum absolute atomic E-state index is 12.4. The smallest absolute Gasteiger partial charge is 0.305 e. The van der Waals surface area contributed by atoms with Crippen molar-refractivity contribution in [2.45, 2.75) is 302 Å². The number of hydrogen-bond donors (Lipinski definition) is 3. The molecule has 59 heavy (non-hydrogen) atoms. The molecule has 1 amide bonds. The Morgan fingerprint density at radius 2 is 0.797 bits per heavy atom. The lowest BCUT2D eigenvalue weighted by Crippen LogP contribution is -2.45. The summed E-state index contributed by atoms with van der Waals surface area (Å²) in [6.07, 6.45) is 56.1. The van der Waals surface area contributed by atoms with E-state index in [1.54, 1.807) is 0 Å². The minimum absolute atomic E-state index is 0.0195. The Bertz CT molecular complexity index is 878. The zero-order chi connectivity index (χ0) is 43.0. The highest BCUT2D eigenvalue weighted by atomic mass is 16.5. The summed E-state index contributed by atoms with van der Waals surface area (Å²) in [4.78, 5) is 24.5. The van der Waals surface area contributed by atoms with Crippen molar-refractivity contribution in [3.05, 3.63) is 12.2 Å². The molecule has 0 bridgehead atoms. The normalized spacial score (nSPS) is 12.7. The van der Waals surface area contributed by atoms with Crippen LogP contribution in [0.25, 0.3) is 0 Å². The van der Waals surface area contributed by atoms with Crippen LogP contribution in [0.1, 0.15) is 290 Å². The summed E-state index contributed by atoms with van der Waals surface area (Å²) >= 11 is 0. The Kier molecular flexibility index (Phi) is 48.1. The zero-order valence-electron chi connectivity index (χ0n) is 39.7. The molecule has 0 aromatic rings. The van der Waals surface area contributed by atoms with Gasteiger partial charge in [-0.3, -0.25) is 9.59 Å². The van der Waals surface area contributed by atoms with Crippen molar-refractivity contribution in [3.63, 3.8) is 0 Å². The van der Waals surface area contributed by atoms with E-state index in [1.165, 1.54) is 180 Å². The number of nitrogens with one attached hydrogen (secondary N) is 1. The maximum atomic E-state index is 12.4. The number of esters is 1. The number of allylic oxidation sites excluding steroid dienone is 2. The second-order valence-electron chi connectivity index (χ2n) is 18.2. The van der Waals surface area contributed by atoms with Gasteiger partial charge in [0.1, 0.15) is 0 Å². The van der Waals surface area contributed by atoms with Gasteiger partial charge in [-0.25, -0.2) is 0 Å². The van der Waals surface area contributed by atoms with Gasteiger partial charge < -0.3 is 20.3 Å². The second kappa shape index (κ2) is 49.3. The third-order valence-corrected chi connectivity index (χ3v) is 12.3. The molecule has 6 nitrogen and oxygen atoms in total. The first-order valence-electron chi connectivity index (χ1n) is 26.4. The first-order chi connectivity index (χ1) is 29.0. The molecule has 0 radical (unpaired) electrons. The number of ether oxygens (including phenoxy) is 1. The van der Waals surface area contributed by atoms with E-state index in [0.717, 1.165) is 77.0 Å². The third kappa shape index (κ3) is 45.9. The highest BCUT2D eigenvalue weighted by molar-refractivity contribution is 5.76. The van der Waals surface area contributed by atoms with Crippen LogP contribution in [0.3, 0.4) is 0 Å². The Balaban J connectivity index is 3.49. The van der Waals surface area contributed by atoms with Crippen LogP contribution in [0, 0.1) is 0 Å². The van der Waals surface area contributed by atoms with Gasteiger partial charge in [0, 0.05) is 12.8 Å². The molecule has 0 aromatic heterocycles. The molecule has 0 aromatic carbocycles. The number of carbonyl (C=O) groups is 2. The molecule has 0 rings (SSSR count). The number of amides is 1. The molecule has 0 saturated heterocycles. The van der Waals surface area contributed by atoms with Crippen molar-refractivity contribution >= 4 is 11.9 Å². The van der Waals surface area contributed by atoms with Crippen LogP contribution in [-0.4, -0.2) is 47.4 Å². The van der Waals surface area contributed by atoms with Crippen LogP contribution in [0.4, 0.5) is 0 Å². The summed E-state index contributed by atoms with van der Waals surface area (Å²) in [5.41, 5.74) is 0. The number of unbranched alkanes of at least 4 members (excludes halogenated alkanes) is 36. The molecule has 350 valence electrons. The summed E-state index contributed by atoms with van der Waals surface area (Å²) in [7, 11) is 0. The molecule has 6 heteroatoms. The number of hydrogen-bond acceptors (Lipinski definition) is 5. The van der Waals surface area contributed by atoms with E-state index in [-0.39, 0.29) is 18.5 Å². The van der Waals surface area contributed by atoms with E-state index in [0.29, 0.717) is 25.9 Å². The van der Waals surface area contributed by atoms with Gasteiger partial charge >= 0.3 is 5.97 Å². The Labute approximate surface area is 368 Å². The minimum Gasteiger partial charge on any atom is -0.466 e. The average molecular weight is 834 g/mol. The van der Waals surface area contributed by atoms with Gasteiger partial charge in [-0.15, -0.1) is 0 Å². The maximum Gasteiger partial charge on any atom is 0.305 e. The van der Waals surface area contributed by atoms with Crippen LogP contribution in [0.2, 0.25) is 0 Å². The van der Waals surface area contributed by atoms with Gasteiger partial charge in [0.05, 0.1) is 25.4 Å². The molecule has 2 atom stereocenters. The van der Waals surface area contributed by atoms with E-state index < -0.39 is 12.1 Å². The zero-order valence-corrected chi connectivity index (χ0v) is 39.7. The largest absolute Gasteiger partial charge is 0.466 e. The molecule has 0 aliphatic carbocycles. The highest BCUT2D eigenvalue weighted by Gasteiger charge is 2.20. The summed E-state index contributed by atoms with van der Waals surface area (Å²) in [5.74, 6) is -0.0787. The van der Waals surface area contributed by atoms with E-state index in [2.05, 4.69) is 31.3 Å². The molecule has 0 aliphatic rings. The number of aliphatic hydroxyl groups excluding tert-OH is 2. The highest BCUT2D eigenvalue weighted by Crippen LogP contribution is 2.17. The van der Waals surface area contributed by atoms with Gasteiger partial charge in [0.15, 0.2) is 0 Å². The van der Waals surface area contributed by atoms with Crippen molar-refractivity contribution in [3.8, 4) is 0 Å². The van der Waals surface area contributed by atoms with Crippen LogP contribution in [0.15, 0.2) is 12.2 Å². The van der Waals surface area contributed by atoms with E-state index in [4.69, 9.17) is 4.74 Å². The van der Waals surface area contributed by atoms with E-state index in [1.807, 2.05) is 0 Å². The van der Waals surface area contributed by atoms with Crippen molar-refractivity contribution in [1.29, 1.82) is 0 Å². The van der Waals surface area contributed by atoms with Gasteiger partial charge in [-0.2, -0.15) is 0 Å². The molecule has 0 aliphatic heterocycles. The van der Waals surface area contributed by atoms with Gasteiger partial charge in [-0.1, -0.05) is 231 Å². The molecule has 3 N–H and O–H groups in total. The fourth-order valence-electron chi connectivity index (χ4n) is 8.22. The second-order valence-corrected chi connectivity index (χ2v) is 18.2. The summed E-state index contributed by atoms with van der Waals surface area (Å²) in [5, 5.41) is 23.2. The summed E-state index contributed by atoms with van der Waals surface area (Å²) in [6, 6.07) is -0.558. The third-order valence-electron chi connectivity index (χ3n) is 12.3. The topological polar surface area (TPSA) is 95.9 Å². The van der Waals surface area contributed by atoms with Gasteiger partial charge in [0.2, 0.25) is 5.91 Å². The lowest BCUT2D eigenvalue weighted by molar-refractivity contribution is -0.143. The molecular weight excluding hydrogens is 731 g/mol. The molecule has 0 saturated carbocycles. The van der Waals surface area contributed by atoms with Crippen LogP contribution >= 0.6 is 0 Å². The van der Waals surface area contributed by atoms with E-state index >= 15 is 0 Å². The van der Waals surface area contributed by atoms with Gasteiger partial charge in [0.25, 0.3) is 0 Å². The Morgan fingerprint density at radius 3 is 1.20 bits per heavy atom. The molecule has 0 heterocycles. The molecule has 0 fully saturated rings.